The van der Waals surface area contributed by atoms with Gasteiger partial charge in [-0.3, -0.25) is 10.1 Å². The van der Waals surface area contributed by atoms with E-state index < -0.39 is 11.0 Å². The van der Waals surface area contributed by atoms with Crippen molar-refractivity contribution in [2.75, 3.05) is 24.6 Å². The van der Waals surface area contributed by atoms with Crippen LogP contribution in [0.2, 0.25) is 0 Å². The van der Waals surface area contributed by atoms with Crippen LogP contribution < -0.4 is 4.90 Å². The highest BCUT2D eigenvalue weighted by Crippen LogP contribution is 2.41. The molecule has 2 N–H and O–H groups in total. The average Bonchev–Trinajstić information content (AvgIpc) is 2.84. The predicted octanol–water partition coefficient (Wildman–Crippen LogP) is 1.92. The van der Waals surface area contributed by atoms with Gasteiger partial charge in [-0.05, 0) is 25.7 Å². The van der Waals surface area contributed by atoms with Crippen molar-refractivity contribution in [3.8, 4) is 0 Å². The molecule has 1 aliphatic rings. The minimum Gasteiger partial charge on any atom is -0.396 e. The van der Waals surface area contributed by atoms with Gasteiger partial charge in [0.1, 0.15) is 0 Å². The zero-order valence-electron chi connectivity index (χ0n) is 10.8. The molecule has 6 nitrogen and oxygen atoms in total. The van der Waals surface area contributed by atoms with Crippen molar-refractivity contribution in [2.45, 2.75) is 25.9 Å². The Kier molecular flexibility index (Phi) is 4.38. The van der Waals surface area contributed by atoms with Crippen molar-refractivity contribution in [1.82, 2.24) is 0 Å². The SMILES string of the molecule is CC(O)c1cc([N+](=O)[O-])c(N2CCC(CO)CC2)s1. The molecule has 1 aromatic heterocycles. The van der Waals surface area contributed by atoms with Crippen LogP contribution in [0.5, 0.6) is 0 Å². The molecule has 0 radical (unpaired) electrons. The molecule has 1 atom stereocenters. The number of hydrogen-bond acceptors (Lipinski definition) is 6. The van der Waals surface area contributed by atoms with Crippen LogP contribution in [-0.2, 0) is 0 Å². The third kappa shape index (κ3) is 3.05. The molecule has 1 aromatic rings. The van der Waals surface area contributed by atoms with Crippen molar-refractivity contribution in [3.63, 3.8) is 0 Å². The summed E-state index contributed by atoms with van der Waals surface area (Å²) in [5, 5.41) is 30.4. The zero-order valence-corrected chi connectivity index (χ0v) is 11.6. The Morgan fingerprint density at radius 2 is 2.21 bits per heavy atom. The lowest BCUT2D eigenvalue weighted by Crippen LogP contribution is -2.34. The highest BCUT2D eigenvalue weighted by atomic mass is 32.1. The fourth-order valence-electron chi connectivity index (χ4n) is 2.27. The summed E-state index contributed by atoms with van der Waals surface area (Å²) in [7, 11) is 0. The summed E-state index contributed by atoms with van der Waals surface area (Å²) in [6, 6.07) is 1.46. The first-order chi connectivity index (χ1) is 9.02. The molecule has 0 amide bonds. The minimum atomic E-state index is -0.688. The smallest absolute Gasteiger partial charge is 0.304 e. The van der Waals surface area contributed by atoms with E-state index in [9.17, 15) is 15.2 Å². The summed E-state index contributed by atoms with van der Waals surface area (Å²) < 4.78 is 0. The summed E-state index contributed by atoms with van der Waals surface area (Å²) in [5.41, 5.74) is 0.0725. The topological polar surface area (TPSA) is 86.8 Å². The summed E-state index contributed by atoms with van der Waals surface area (Å²) >= 11 is 1.28. The summed E-state index contributed by atoms with van der Waals surface area (Å²) in [5.74, 6) is 0.298. The van der Waals surface area contributed by atoms with Crippen LogP contribution in [0, 0.1) is 16.0 Å². The van der Waals surface area contributed by atoms with E-state index >= 15 is 0 Å². The summed E-state index contributed by atoms with van der Waals surface area (Å²) in [4.78, 5) is 13.3. The molecule has 7 heteroatoms. The van der Waals surface area contributed by atoms with E-state index in [1.165, 1.54) is 17.4 Å². The molecular formula is C12H18N2O4S. The van der Waals surface area contributed by atoms with E-state index in [-0.39, 0.29) is 12.3 Å². The number of anilines is 1. The first-order valence-corrected chi connectivity index (χ1v) is 7.16. The lowest BCUT2D eigenvalue weighted by atomic mass is 9.98. The summed E-state index contributed by atoms with van der Waals surface area (Å²) in [6.45, 7) is 3.22. The predicted molar refractivity (Wildman–Crippen MR) is 73.6 cm³/mol. The van der Waals surface area contributed by atoms with Crippen LogP contribution in [0.3, 0.4) is 0 Å². The summed E-state index contributed by atoms with van der Waals surface area (Å²) in [6.07, 6.45) is 0.998. The Bertz CT molecular complexity index is 453. The minimum absolute atomic E-state index is 0.0725. The fraction of sp³-hybridized carbons (Fsp3) is 0.667. The van der Waals surface area contributed by atoms with E-state index in [0.717, 1.165) is 12.8 Å². The van der Waals surface area contributed by atoms with Gasteiger partial charge in [-0.1, -0.05) is 0 Å². The highest BCUT2D eigenvalue weighted by Gasteiger charge is 2.28. The van der Waals surface area contributed by atoms with E-state index in [1.54, 1.807) is 6.92 Å². The van der Waals surface area contributed by atoms with Crippen molar-refractivity contribution in [3.05, 3.63) is 21.1 Å². The molecule has 1 aliphatic heterocycles. The third-order valence-corrected chi connectivity index (χ3v) is 4.84. The molecule has 0 aromatic carbocycles. The lowest BCUT2D eigenvalue weighted by Gasteiger charge is -2.31. The number of piperidine rings is 1. The zero-order chi connectivity index (χ0) is 14.0. The average molecular weight is 286 g/mol. The van der Waals surface area contributed by atoms with Crippen LogP contribution in [-0.4, -0.2) is 34.8 Å². The number of thiophene rings is 1. The molecule has 0 aliphatic carbocycles. The second-order valence-corrected chi connectivity index (χ2v) is 5.95. The van der Waals surface area contributed by atoms with Gasteiger partial charge in [0, 0.05) is 30.6 Å². The molecule has 1 fully saturated rings. The quantitative estimate of drug-likeness (QED) is 0.652. The van der Waals surface area contributed by atoms with Crippen molar-refractivity contribution >= 4 is 22.0 Å². The second-order valence-electron chi connectivity index (χ2n) is 4.89. The van der Waals surface area contributed by atoms with Crippen molar-refractivity contribution in [2.24, 2.45) is 5.92 Å². The number of hydrogen-bond donors (Lipinski definition) is 2. The van der Waals surface area contributed by atoms with Gasteiger partial charge in [0.25, 0.3) is 0 Å². The Labute approximate surface area is 115 Å². The normalized spacial score (nSPS) is 18.6. The maximum Gasteiger partial charge on any atom is 0.304 e. The third-order valence-electron chi connectivity index (χ3n) is 3.48. The lowest BCUT2D eigenvalue weighted by molar-refractivity contribution is -0.383. The van der Waals surface area contributed by atoms with E-state index in [2.05, 4.69) is 0 Å². The van der Waals surface area contributed by atoms with E-state index in [4.69, 9.17) is 5.11 Å². The number of nitro groups is 1. The number of nitrogens with zero attached hydrogens (tertiary/aromatic N) is 2. The van der Waals surface area contributed by atoms with Crippen LogP contribution in [0.1, 0.15) is 30.7 Å². The number of aliphatic hydroxyl groups excluding tert-OH is 2. The van der Waals surface area contributed by atoms with Gasteiger partial charge < -0.3 is 15.1 Å². The van der Waals surface area contributed by atoms with Crippen molar-refractivity contribution in [1.29, 1.82) is 0 Å². The highest BCUT2D eigenvalue weighted by molar-refractivity contribution is 7.16. The molecule has 0 spiro atoms. The molecule has 2 rings (SSSR count). The Balaban J connectivity index is 2.21. The number of rotatable bonds is 4. The van der Waals surface area contributed by atoms with E-state index in [0.29, 0.717) is 28.9 Å². The largest absolute Gasteiger partial charge is 0.396 e. The standard InChI is InChI=1S/C12H18N2O4S/c1-8(16)11-6-10(14(17)18)12(19-11)13-4-2-9(7-15)3-5-13/h6,8-9,15-16H,2-5,7H2,1H3. The maximum absolute atomic E-state index is 11.1. The first kappa shape index (κ1) is 14.2. The molecule has 2 heterocycles. The van der Waals surface area contributed by atoms with Crippen LogP contribution in [0.4, 0.5) is 10.7 Å². The maximum atomic E-state index is 11.1. The van der Waals surface area contributed by atoms with Gasteiger partial charge in [0.15, 0.2) is 5.00 Å². The van der Waals surface area contributed by atoms with Gasteiger partial charge >= 0.3 is 5.69 Å². The van der Waals surface area contributed by atoms with E-state index in [1.807, 2.05) is 4.90 Å². The van der Waals surface area contributed by atoms with Crippen LogP contribution >= 0.6 is 11.3 Å². The Morgan fingerprint density at radius 1 is 1.58 bits per heavy atom. The van der Waals surface area contributed by atoms with Gasteiger partial charge in [-0.15, -0.1) is 11.3 Å². The van der Waals surface area contributed by atoms with Crippen LogP contribution in [0.15, 0.2) is 6.07 Å². The first-order valence-electron chi connectivity index (χ1n) is 6.35. The van der Waals surface area contributed by atoms with Gasteiger partial charge in [-0.25, -0.2) is 0 Å². The molecule has 19 heavy (non-hydrogen) atoms. The van der Waals surface area contributed by atoms with Gasteiger partial charge in [-0.2, -0.15) is 0 Å². The fourth-order valence-corrected chi connectivity index (χ4v) is 3.39. The number of aliphatic hydroxyl groups is 2. The molecule has 0 bridgehead atoms. The van der Waals surface area contributed by atoms with Crippen LogP contribution in [0.25, 0.3) is 0 Å². The Morgan fingerprint density at radius 3 is 2.68 bits per heavy atom. The molecular weight excluding hydrogens is 268 g/mol. The van der Waals surface area contributed by atoms with Crippen molar-refractivity contribution < 1.29 is 15.1 Å². The molecule has 0 saturated carbocycles. The Hall–Kier alpha value is -1.18. The molecule has 106 valence electrons. The van der Waals surface area contributed by atoms with Gasteiger partial charge in [0.05, 0.1) is 11.0 Å². The molecule has 1 saturated heterocycles. The molecule has 1 unspecified atom stereocenters. The second kappa shape index (κ2) is 5.85. The van der Waals surface area contributed by atoms with Gasteiger partial charge in [0.2, 0.25) is 0 Å². The monoisotopic (exact) mass is 286 g/mol.